The van der Waals surface area contributed by atoms with Gasteiger partial charge in [-0.25, -0.2) is 4.79 Å². The molecule has 0 aliphatic carbocycles. The number of Topliss-reactive ketones (excluding diaryl/α,β-unsaturated/α-hetero) is 1. The highest BCUT2D eigenvalue weighted by Crippen LogP contribution is 2.32. The monoisotopic (exact) mass is 256 g/mol. The molecule has 1 aromatic carbocycles. The molecule has 0 heterocycles. The topological polar surface area (TPSA) is 63.6 Å². The second-order valence-electron chi connectivity index (χ2n) is 3.86. The number of aliphatic carboxylic acids is 1. The molecule has 0 fully saturated rings. The highest BCUT2D eigenvalue weighted by molar-refractivity contribution is 6.41. The lowest BCUT2D eigenvalue weighted by Gasteiger charge is -2.13. The molecule has 92 valence electrons. The van der Waals surface area contributed by atoms with E-state index in [0.717, 1.165) is 0 Å². The first-order valence-corrected chi connectivity index (χ1v) is 5.41. The van der Waals surface area contributed by atoms with Crippen molar-refractivity contribution in [2.24, 2.45) is 0 Å². The molecule has 0 amide bonds. The summed E-state index contributed by atoms with van der Waals surface area (Å²) < 4.78 is 5.04. The van der Waals surface area contributed by atoms with Gasteiger partial charge in [-0.2, -0.15) is 0 Å². The van der Waals surface area contributed by atoms with Gasteiger partial charge in [-0.15, -0.1) is 0 Å². The summed E-state index contributed by atoms with van der Waals surface area (Å²) in [4.78, 5) is 22.2. The SMILES string of the molecule is COc1cc(C(C)C)c(C(=O)C(=O)O)cc1Cl. The molecule has 1 rings (SSSR count). The maximum absolute atomic E-state index is 11.5. The van der Waals surface area contributed by atoms with E-state index in [1.165, 1.54) is 13.2 Å². The van der Waals surface area contributed by atoms with Crippen LogP contribution in [0.15, 0.2) is 12.1 Å². The Bertz CT molecular complexity index is 466. The number of rotatable bonds is 4. The molecular weight excluding hydrogens is 244 g/mol. The van der Waals surface area contributed by atoms with Crippen LogP contribution in [0.2, 0.25) is 5.02 Å². The largest absolute Gasteiger partial charge is 0.495 e. The van der Waals surface area contributed by atoms with Crippen molar-refractivity contribution in [3.63, 3.8) is 0 Å². The van der Waals surface area contributed by atoms with Gasteiger partial charge in [0, 0.05) is 5.56 Å². The molecule has 0 aliphatic rings. The summed E-state index contributed by atoms with van der Waals surface area (Å²) in [5.41, 5.74) is 0.719. The molecule has 0 saturated carbocycles. The molecule has 4 nitrogen and oxygen atoms in total. The highest BCUT2D eigenvalue weighted by atomic mass is 35.5. The van der Waals surface area contributed by atoms with Crippen molar-refractivity contribution in [2.45, 2.75) is 19.8 Å². The third kappa shape index (κ3) is 2.77. The van der Waals surface area contributed by atoms with Crippen molar-refractivity contribution < 1.29 is 19.4 Å². The first-order chi connectivity index (χ1) is 7.88. The average molecular weight is 257 g/mol. The highest BCUT2D eigenvalue weighted by Gasteiger charge is 2.22. The van der Waals surface area contributed by atoms with E-state index in [2.05, 4.69) is 0 Å². The molecule has 1 N–H and O–H groups in total. The van der Waals surface area contributed by atoms with E-state index in [-0.39, 0.29) is 16.5 Å². The van der Waals surface area contributed by atoms with Crippen LogP contribution < -0.4 is 4.74 Å². The number of carbonyl (C=O) groups is 2. The van der Waals surface area contributed by atoms with Gasteiger partial charge in [-0.3, -0.25) is 4.79 Å². The molecule has 17 heavy (non-hydrogen) atoms. The van der Waals surface area contributed by atoms with Gasteiger partial charge in [0.1, 0.15) is 5.75 Å². The Morgan fingerprint density at radius 2 is 1.94 bits per heavy atom. The lowest BCUT2D eigenvalue weighted by molar-refractivity contribution is -0.131. The Balaban J connectivity index is 3.43. The normalized spacial score (nSPS) is 10.4. The van der Waals surface area contributed by atoms with Crippen molar-refractivity contribution >= 4 is 23.4 Å². The van der Waals surface area contributed by atoms with E-state index in [9.17, 15) is 9.59 Å². The minimum Gasteiger partial charge on any atom is -0.495 e. The van der Waals surface area contributed by atoms with Gasteiger partial charge in [0.25, 0.3) is 5.78 Å². The molecule has 0 saturated heterocycles. The zero-order valence-electron chi connectivity index (χ0n) is 9.78. The van der Waals surface area contributed by atoms with Crippen molar-refractivity contribution in [2.75, 3.05) is 7.11 Å². The summed E-state index contributed by atoms with van der Waals surface area (Å²) in [5.74, 6) is -2.02. The maximum Gasteiger partial charge on any atom is 0.377 e. The fraction of sp³-hybridized carbons (Fsp3) is 0.333. The Morgan fingerprint density at radius 3 is 2.35 bits per heavy atom. The summed E-state index contributed by atoms with van der Waals surface area (Å²) in [6, 6.07) is 2.94. The minimum atomic E-state index is -1.49. The van der Waals surface area contributed by atoms with Crippen LogP contribution in [0.3, 0.4) is 0 Å². The van der Waals surface area contributed by atoms with E-state index in [4.69, 9.17) is 21.4 Å². The second-order valence-corrected chi connectivity index (χ2v) is 4.27. The molecule has 0 radical (unpaired) electrons. The molecule has 0 spiro atoms. The Kier molecular flexibility index (Phi) is 4.12. The van der Waals surface area contributed by atoms with E-state index in [0.29, 0.717) is 11.3 Å². The Morgan fingerprint density at radius 1 is 1.35 bits per heavy atom. The number of carboxylic acid groups (broad SMARTS) is 1. The van der Waals surface area contributed by atoms with Gasteiger partial charge < -0.3 is 9.84 Å². The second kappa shape index (κ2) is 5.19. The number of halogens is 1. The van der Waals surface area contributed by atoms with Crippen LogP contribution in [0.1, 0.15) is 35.7 Å². The van der Waals surface area contributed by atoms with E-state index in [1.807, 2.05) is 13.8 Å². The summed E-state index contributed by atoms with van der Waals surface area (Å²) in [5, 5.41) is 8.96. The van der Waals surface area contributed by atoms with Crippen LogP contribution >= 0.6 is 11.6 Å². The first kappa shape index (κ1) is 13.5. The lowest BCUT2D eigenvalue weighted by atomic mass is 9.94. The number of benzene rings is 1. The molecule has 0 unspecified atom stereocenters. The molecular formula is C12H13ClO4. The number of carboxylic acids is 1. The number of hydrogen-bond acceptors (Lipinski definition) is 3. The first-order valence-electron chi connectivity index (χ1n) is 5.03. The molecule has 0 aromatic heterocycles. The number of methoxy groups -OCH3 is 1. The van der Waals surface area contributed by atoms with E-state index in [1.54, 1.807) is 6.07 Å². The van der Waals surface area contributed by atoms with Gasteiger partial charge in [-0.1, -0.05) is 25.4 Å². The lowest BCUT2D eigenvalue weighted by Crippen LogP contribution is -2.15. The van der Waals surface area contributed by atoms with Gasteiger partial charge in [-0.05, 0) is 23.6 Å². The van der Waals surface area contributed by atoms with Crippen LogP contribution in [0.4, 0.5) is 0 Å². The smallest absolute Gasteiger partial charge is 0.377 e. The van der Waals surface area contributed by atoms with Crippen LogP contribution in [-0.4, -0.2) is 24.0 Å². The summed E-state index contributed by atoms with van der Waals surface area (Å²) >= 11 is 5.88. The fourth-order valence-corrected chi connectivity index (χ4v) is 1.76. The number of ether oxygens (including phenoxy) is 1. The molecule has 5 heteroatoms. The molecule has 0 bridgehead atoms. The quantitative estimate of drug-likeness (QED) is 0.665. The Labute approximate surface area is 104 Å². The zero-order chi connectivity index (χ0) is 13.2. The Hall–Kier alpha value is -1.55. The van der Waals surface area contributed by atoms with Gasteiger partial charge in [0.2, 0.25) is 0 Å². The minimum absolute atomic E-state index is 0.000494. The fourth-order valence-electron chi connectivity index (χ4n) is 1.52. The molecule has 0 atom stereocenters. The van der Waals surface area contributed by atoms with Crippen LogP contribution in [0.25, 0.3) is 0 Å². The van der Waals surface area contributed by atoms with Gasteiger partial charge >= 0.3 is 5.97 Å². The number of carbonyl (C=O) groups excluding carboxylic acids is 1. The van der Waals surface area contributed by atoms with Crippen LogP contribution in [0.5, 0.6) is 5.75 Å². The standard InChI is InChI=1S/C12H13ClO4/c1-6(2)7-5-10(17-3)9(13)4-8(7)11(14)12(15)16/h4-6H,1-3H3,(H,15,16). The molecule has 0 aliphatic heterocycles. The van der Waals surface area contributed by atoms with Crippen molar-refractivity contribution in [3.05, 3.63) is 28.3 Å². The van der Waals surface area contributed by atoms with Crippen LogP contribution in [-0.2, 0) is 4.79 Å². The van der Waals surface area contributed by atoms with E-state index >= 15 is 0 Å². The van der Waals surface area contributed by atoms with E-state index < -0.39 is 11.8 Å². The predicted octanol–water partition coefficient (Wildman–Crippen LogP) is 2.74. The predicted molar refractivity (Wildman–Crippen MR) is 64.1 cm³/mol. The third-order valence-electron chi connectivity index (χ3n) is 2.38. The van der Waals surface area contributed by atoms with Crippen LogP contribution in [0, 0.1) is 0 Å². The van der Waals surface area contributed by atoms with Gasteiger partial charge in [0.05, 0.1) is 12.1 Å². The van der Waals surface area contributed by atoms with Crippen molar-refractivity contribution in [3.8, 4) is 5.75 Å². The average Bonchev–Trinajstić information content (AvgIpc) is 2.27. The number of hydrogen-bond donors (Lipinski definition) is 1. The number of ketones is 1. The summed E-state index contributed by atoms with van der Waals surface area (Å²) in [6.45, 7) is 3.72. The third-order valence-corrected chi connectivity index (χ3v) is 2.68. The van der Waals surface area contributed by atoms with Crippen molar-refractivity contribution in [1.29, 1.82) is 0 Å². The zero-order valence-corrected chi connectivity index (χ0v) is 10.5. The van der Waals surface area contributed by atoms with Gasteiger partial charge in [0.15, 0.2) is 0 Å². The summed E-state index contributed by atoms with van der Waals surface area (Å²) in [6.07, 6.45) is 0. The van der Waals surface area contributed by atoms with Crippen molar-refractivity contribution in [1.82, 2.24) is 0 Å². The maximum atomic E-state index is 11.5. The summed E-state index contributed by atoms with van der Waals surface area (Å²) in [7, 11) is 1.46. The molecule has 1 aromatic rings.